The molecule has 0 saturated carbocycles. The van der Waals surface area contributed by atoms with Crippen LogP contribution in [0.15, 0.2) is 30.5 Å². The zero-order valence-electron chi connectivity index (χ0n) is 10.6. The van der Waals surface area contributed by atoms with Crippen molar-refractivity contribution < 1.29 is 8.78 Å². The quantitative estimate of drug-likeness (QED) is 0.765. The fourth-order valence-electron chi connectivity index (χ4n) is 1.70. The van der Waals surface area contributed by atoms with E-state index in [1.165, 1.54) is 0 Å². The molecule has 0 radical (unpaired) electrons. The molecule has 0 aromatic heterocycles. The van der Waals surface area contributed by atoms with Crippen LogP contribution in [0, 0.1) is 18.6 Å². The van der Waals surface area contributed by atoms with E-state index in [-0.39, 0.29) is 5.56 Å². The molecule has 0 N–H and O–H groups in total. The van der Waals surface area contributed by atoms with Gasteiger partial charge in [0.05, 0.1) is 0 Å². The predicted molar refractivity (Wildman–Crippen MR) is 67.3 cm³/mol. The molecule has 0 aliphatic heterocycles. The summed E-state index contributed by atoms with van der Waals surface area (Å²) in [4.78, 5) is 1.76. The third-order valence-electron chi connectivity index (χ3n) is 2.58. The molecule has 17 heavy (non-hydrogen) atoms. The van der Waals surface area contributed by atoms with Gasteiger partial charge in [0.15, 0.2) is 11.6 Å². The number of nitrogens with zero attached hydrogens (tertiary/aromatic N) is 1. The van der Waals surface area contributed by atoms with Crippen LogP contribution in [0.1, 0.15) is 25.0 Å². The van der Waals surface area contributed by atoms with Crippen LogP contribution in [0.3, 0.4) is 0 Å². The van der Waals surface area contributed by atoms with Gasteiger partial charge in [-0.05, 0) is 38.6 Å². The first kappa shape index (κ1) is 13.4. The molecule has 0 unspecified atom stereocenters. The molecule has 0 aliphatic carbocycles. The highest BCUT2D eigenvalue weighted by Crippen LogP contribution is 2.24. The number of aryl methyl sites for hydroxylation is 1. The van der Waals surface area contributed by atoms with Crippen molar-refractivity contribution in [3.05, 3.63) is 53.2 Å². The fraction of sp³-hybridized carbons (Fsp3) is 0.286. The highest BCUT2D eigenvalue weighted by Gasteiger charge is 2.15. The third kappa shape index (κ3) is 2.73. The highest BCUT2D eigenvalue weighted by atomic mass is 19.2. The van der Waals surface area contributed by atoms with Crippen molar-refractivity contribution in [1.29, 1.82) is 0 Å². The maximum Gasteiger partial charge on any atom is 0.168 e. The number of halogens is 2. The van der Waals surface area contributed by atoms with Crippen LogP contribution in [0.2, 0.25) is 0 Å². The molecule has 92 valence electrons. The van der Waals surface area contributed by atoms with Crippen LogP contribution < -0.4 is 0 Å². The third-order valence-corrected chi connectivity index (χ3v) is 2.58. The smallest absolute Gasteiger partial charge is 0.168 e. The van der Waals surface area contributed by atoms with Gasteiger partial charge in [-0.3, -0.25) is 0 Å². The van der Waals surface area contributed by atoms with Crippen LogP contribution in [0.25, 0.3) is 5.70 Å². The molecule has 1 nitrogen and oxygen atoms in total. The number of allylic oxidation sites excluding steroid dienone is 2. The lowest BCUT2D eigenvalue weighted by atomic mass is 10.1. The maximum atomic E-state index is 13.8. The molecule has 1 aromatic carbocycles. The number of hydrogen-bond donors (Lipinski definition) is 0. The first-order chi connectivity index (χ1) is 8.02. The molecule has 0 fully saturated rings. The van der Waals surface area contributed by atoms with E-state index in [9.17, 15) is 8.78 Å². The van der Waals surface area contributed by atoms with E-state index in [0.29, 0.717) is 11.3 Å². The van der Waals surface area contributed by atoms with E-state index >= 15 is 0 Å². The SMILES string of the molecule is C/C=C\N(C)/C(=C\C)c1ccc(C)c(F)c1F. The van der Waals surface area contributed by atoms with Gasteiger partial charge in [0.25, 0.3) is 0 Å². The largest absolute Gasteiger partial charge is 0.351 e. The summed E-state index contributed by atoms with van der Waals surface area (Å²) in [6, 6.07) is 3.18. The maximum absolute atomic E-state index is 13.8. The van der Waals surface area contributed by atoms with Crippen molar-refractivity contribution >= 4 is 5.70 Å². The predicted octanol–water partition coefficient (Wildman–Crippen LogP) is 4.10. The Morgan fingerprint density at radius 1 is 1.18 bits per heavy atom. The van der Waals surface area contributed by atoms with Crippen molar-refractivity contribution in [2.24, 2.45) is 0 Å². The lowest BCUT2D eigenvalue weighted by molar-refractivity contribution is 0.496. The summed E-state index contributed by atoms with van der Waals surface area (Å²) in [6.45, 7) is 5.22. The Bertz CT molecular complexity index is 462. The van der Waals surface area contributed by atoms with Crippen molar-refractivity contribution in [1.82, 2.24) is 4.90 Å². The molecular formula is C14H17F2N. The van der Waals surface area contributed by atoms with E-state index in [1.807, 2.05) is 13.0 Å². The Balaban J connectivity index is 3.28. The second-order valence-corrected chi connectivity index (χ2v) is 3.83. The summed E-state index contributed by atoms with van der Waals surface area (Å²) >= 11 is 0. The molecule has 0 heterocycles. The van der Waals surface area contributed by atoms with Gasteiger partial charge in [0.2, 0.25) is 0 Å². The molecule has 0 saturated heterocycles. The summed E-state index contributed by atoms with van der Waals surface area (Å²) in [5.41, 5.74) is 1.23. The zero-order chi connectivity index (χ0) is 13.0. The normalized spacial score (nSPS) is 12.2. The number of benzene rings is 1. The van der Waals surface area contributed by atoms with Crippen LogP contribution in [0.4, 0.5) is 8.78 Å². The first-order valence-electron chi connectivity index (χ1n) is 5.49. The highest BCUT2D eigenvalue weighted by molar-refractivity contribution is 5.65. The van der Waals surface area contributed by atoms with Gasteiger partial charge < -0.3 is 4.90 Å². The first-order valence-corrected chi connectivity index (χ1v) is 5.49. The Morgan fingerprint density at radius 3 is 2.35 bits per heavy atom. The van der Waals surface area contributed by atoms with Gasteiger partial charge >= 0.3 is 0 Å². The average Bonchev–Trinajstić information content (AvgIpc) is 2.30. The lowest BCUT2D eigenvalue weighted by Crippen LogP contribution is -2.11. The Labute approximate surface area is 101 Å². The van der Waals surface area contributed by atoms with E-state index in [0.717, 1.165) is 0 Å². The van der Waals surface area contributed by atoms with E-state index in [2.05, 4.69) is 0 Å². The molecular weight excluding hydrogens is 220 g/mol. The molecule has 1 aromatic rings. The van der Waals surface area contributed by atoms with E-state index in [4.69, 9.17) is 0 Å². The second-order valence-electron chi connectivity index (χ2n) is 3.83. The average molecular weight is 237 g/mol. The van der Waals surface area contributed by atoms with Gasteiger partial charge in [0, 0.05) is 18.3 Å². The summed E-state index contributed by atoms with van der Waals surface area (Å²) in [7, 11) is 1.80. The summed E-state index contributed by atoms with van der Waals surface area (Å²) in [5.74, 6) is -1.58. The topological polar surface area (TPSA) is 3.24 Å². The van der Waals surface area contributed by atoms with Crippen molar-refractivity contribution in [3.63, 3.8) is 0 Å². The number of rotatable bonds is 3. The molecule has 1 rings (SSSR count). The Hall–Kier alpha value is -1.64. The van der Waals surface area contributed by atoms with Gasteiger partial charge in [-0.15, -0.1) is 0 Å². The molecule has 0 atom stereocenters. The molecule has 0 spiro atoms. The minimum absolute atomic E-state index is 0.274. The molecule has 0 bridgehead atoms. The summed E-state index contributed by atoms with van der Waals surface area (Å²) in [5, 5.41) is 0. The standard InChI is InChI=1S/C14H17F2N/c1-5-9-17(4)12(6-2)11-8-7-10(3)13(15)14(11)16/h5-9H,1-4H3/b9-5-,12-6-. The monoisotopic (exact) mass is 237 g/mol. The zero-order valence-corrected chi connectivity index (χ0v) is 10.6. The van der Waals surface area contributed by atoms with Crippen molar-refractivity contribution in [3.8, 4) is 0 Å². The minimum Gasteiger partial charge on any atom is -0.351 e. The van der Waals surface area contributed by atoms with Crippen LogP contribution >= 0.6 is 0 Å². The molecule has 0 aliphatic rings. The Kier molecular flexibility index (Phi) is 4.44. The van der Waals surface area contributed by atoms with Crippen LogP contribution in [-0.4, -0.2) is 11.9 Å². The Morgan fingerprint density at radius 2 is 1.82 bits per heavy atom. The van der Waals surface area contributed by atoms with E-state index < -0.39 is 11.6 Å². The molecule has 3 heteroatoms. The van der Waals surface area contributed by atoms with Crippen molar-refractivity contribution in [2.45, 2.75) is 20.8 Å². The van der Waals surface area contributed by atoms with Gasteiger partial charge in [0.1, 0.15) is 0 Å². The second kappa shape index (κ2) is 5.62. The van der Waals surface area contributed by atoms with Gasteiger partial charge in [-0.1, -0.05) is 18.2 Å². The number of hydrogen-bond acceptors (Lipinski definition) is 1. The van der Waals surface area contributed by atoms with Crippen LogP contribution in [0.5, 0.6) is 0 Å². The van der Waals surface area contributed by atoms with Gasteiger partial charge in [-0.2, -0.15) is 0 Å². The van der Waals surface area contributed by atoms with Crippen molar-refractivity contribution in [2.75, 3.05) is 7.05 Å². The summed E-state index contributed by atoms with van der Waals surface area (Å²) in [6.07, 6.45) is 5.39. The fourth-order valence-corrected chi connectivity index (χ4v) is 1.70. The lowest BCUT2D eigenvalue weighted by Gasteiger charge is -2.19. The van der Waals surface area contributed by atoms with Crippen LogP contribution in [-0.2, 0) is 0 Å². The van der Waals surface area contributed by atoms with Gasteiger partial charge in [-0.25, -0.2) is 8.78 Å². The molecule has 0 amide bonds. The minimum atomic E-state index is -0.797. The summed E-state index contributed by atoms with van der Waals surface area (Å²) < 4.78 is 27.3. The van der Waals surface area contributed by atoms with E-state index in [1.54, 1.807) is 50.2 Å².